The molecule has 19 heavy (non-hydrogen) atoms. The predicted molar refractivity (Wildman–Crippen MR) is 71.6 cm³/mol. The summed E-state index contributed by atoms with van der Waals surface area (Å²) in [5, 5.41) is 0.623. The zero-order valence-corrected chi connectivity index (χ0v) is 10.8. The van der Waals surface area contributed by atoms with Gasteiger partial charge >= 0.3 is 0 Å². The molecule has 0 saturated heterocycles. The lowest BCUT2D eigenvalue weighted by atomic mass is 9.99. The van der Waals surface area contributed by atoms with E-state index in [1.807, 2.05) is 12.1 Å². The van der Waals surface area contributed by atoms with Gasteiger partial charge in [0.05, 0.1) is 6.04 Å². The predicted octanol–water partition coefficient (Wildman–Crippen LogP) is 3.37. The van der Waals surface area contributed by atoms with Gasteiger partial charge in [-0.05, 0) is 30.2 Å². The van der Waals surface area contributed by atoms with Crippen LogP contribution in [-0.4, -0.2) is 0 Å². The monoisotopic (exact) mass is 282 g/mol. The second kappa shape index (κ2) is 6.10. The largest absolute Gasteiger partial charge is 0.271 e. The third kappa shape index (κ3) is 3.29. The fraction of sp³-hybridized carbons (Fsp3) is 0.143. The van der Waals surface area contributed by atoms with Gasteiger partial charge in [-0.15, -0.1) is 0 Å². The standard InChI is InChI=1S/C14H13ClF2N2/c15-10-6-4-9(5-7-10)8-13(19-18)11-2-1-3-12(16)14(11)17/h1-7,13,19H,8,18H2. The molecule has 0 spiro atoms. The average Bonchev–Trinajstić information content (AvgIpc) is 2.42. The van der Waals surface area contributed by atoms with E-state index in [0.29, 0.717) is 11.4 Å². The van der Waals surface area contributed by atoms with Crippen molar-refractivity contribution >= 4 is 11.6 Å². The molecule has 0 radical (unpaired) electrons. The molecule has 5 heteroatoms. The highest BCUT2D eigenvalue weighted by Crippen LogP contribution is 2.23. The molecule has 0 aliphatic rings. The van der Waals surface area contributed by atoms with Crippen molar-refractivity contribution in [3.63, 3.8) is 0 Å². The Morgan fingerprint density at radius 2 is 1.79 bits per heavy atom. The molecule has 1 atom stereocenters. The summed E-state index contributed by atoms with van der Waals surface area (Å²) in [5.41, 5.74) is 3.64. The van der Waals surface area contributed by atoms with Crippen LogP contribution in [0.5, 0.6) is 0 Å². The fourth-order valence-electron chi connectivity index (χ4n) is 1.90. The lowest BCUT2D eigenvalue weighted by molar-refractivity contribution is 0.464. The molecule has 0 fully saturated rings. The first-order valence-electron chi connectivity index (χ1n) is 5.76. The van der Waals surface area contributed by atoms with Crippen LogP contribution in [-0.2, 0) is 6.42 Å². The zero-order chi connectivity index (χ0) is 13.8. The first kappa shape index (κ1) is 13.9. The number of hydrogen-bond acceptors (Lipinski definition) is 2. The van der Waals surface area contributed by atoms with Gasteiger partial charge in [0.1, 0.15) is 0 Å². The summed E-state index contributed by atoms with van der Waals surface area (Å²) in [7, 11) is 0. The van der Waals surface area contributed by atoms with E-state index in [0.717, 1.165) is 11.6 Å². The number of rotatable bonds is 4. The van der Waals surface area contributed by atoms with Crippen LogP contribution in [0.15, 0.2) is 42.5 Å². The van der Waals surface area contributed by atoms with Crippen molar-refractivity contribution in [3.8, 4) is 0 Å². The molecule has 0 amide bonds. The third-order valence-electron chi connectivity index (χ3n) is 2.91. The highest BCUT2D eigenvalue weighted by Gasteiger charge is 2.17. The minimum absolute atomic E-state index is 0.206. The maximum atomic E-state index is 13.7. The number of hydrazine groups is 1. The second-order valence-corrected chi connectivity index (χ2v) is 4.63. The SMILES string of the molecule is NNC(Cc1ccc(Cl)cc1)c1cccc(F)c1F. The van der Waals surface area contributed by atoms with E-state index in [-0.39, 0.29) is 5.56 Å². The summed E-state index contributed by atoms with van der Waals surface area (Å²) in [6.45, 7) is 0. The van der Waals surface area contributed by atoms with Crippen molar-refractivity contribution in [1.82, 2.24) is 5.43 Å². The molecule has 0 aliphatic carbocycles. The van der Waals surface area contributed by atoms with Gasteiger partial charge in [0.25, 0.3) is 0 Å². The number of halogens is 3. The quantitative estimate of drug-likeness (QED) is 0.666. The third-order valence-corrected chi connectivity index (χ3v) is 3.16. The van der Waals surface area contributed by atoms with Gasteiger partial charge in [-0.3, -0.25) is 11.3 Å². The summed E-state index contributed by atoms with van der Waals surface area (Å²) < 4.78 is 26.9. The first-order chi connectivity index (χ1) is 9.11. The van der Waals surface area contributed by atoms with Crippen LogP contribution < -0.4 is 11.3 Å². The summed E-state index contributed by atoms with van der Waals surface area (Å²) in [6.07, 6.45) is 0.439. The van der Waals surface area contributed by atoms with E-state index in [9.17, 15) is 8.78 Å². The molecule has 2 aromatic carbocycles. The van der Waals surface area contributed by atoms with E-state index in [2.05, 4.69) is 5.43 Å². The van der Waals surface area contributed by atoms with Gasteiger partial charge in [-0.25, -0.2) is 8.78 Å². The van der Waals surface area contributed by atoms with Crippen molar-refractivity contribution in [2.24, 2.45) is 5.84 Å². The van der Waals surface area contributed by atoms with Gasteiger partial charge in [0.2, 0.25) is 0 Å². The molecular formula is C14H13ClF2N2. The van der Waals surface area contributed by atoms with Crippen LogP contribution in [0.2, 0.25) is 5.02 Å². The number of hydrogen-bond donors (Lipinski definition) is 2. The molecule has 100 valence electrons. The van der Waals surface area contributed by atoms with Crippen LogP contribution in [0, 0.1) is 11.6 Å². The summed E-state index contributed by atoms with van der Waals surface area (Å²) >= 11 is 5.80. The Balaban J connectivity index is 2.25. The highest BCUT2D eigenvalue weighted by atomic mass is 35.5. The molecule has 2 nitrogen and oxygen atoms in total. The molecule has 0 saturated carbocycles. The molecule has 0 aliphatic heterocycles. The van der Waals surface area contributed by atoms with E-state index >= 15 is 0 Å². The lowest BCUT2D eigenvalue weighted by Gasteiger charge is -2.17. The Labute approximate surface area is 115 Å². The Hall–Kier alpha value is -1.49. The molecule has 2 aromatic rings. The van der Waals surface area contributed by atoms with Gasteiger partial charge < -0.3 is 0 Å². The van der Waals surface area contributed by atoms with Crippen molar-refractivity contribution in [2.75, 3.05) is 0 Å². The van der Waals surface area contributed by atoms with Crippen molar-refractivity contribution < 1.29 is 8.78 Å². The minimum atomic E-state index is -0.881. The van der Waals surface area contributed by atoms with Crippen LogP contribution in [0.3, 0.4) is 0 Å². The Morgan fingerprint density at radius 1 is 1.11 bits per heavy atom. The Morgan fingerprint density at radius 3 is 2.42 bits per heavy atom. The number of nitrogens with two attached hydrogens (primary N) is 1. The summed E-state index contributed by atoms with van der Waals surface area (Å²) in [6, 6.07) is 10.7. The Bertz CT molecular complexity index is 558. The van der Waals surface area contributed by atoms with E-state index in [1.54, 1.807) is 12.1 Å². The zero-order valence-electron chi connectivity index (χ0n) is 10.0. The first-order valence-corrected chi connectivity index (χ1v) is 6.14. The normalized spacial score (nSPS) is 12.4. The van der Waals surface area contributed by atoms with Gasteiger partial charge in [-0.1, -0.05) is 35.9 Å². The van der Waals surface area contributed by atoms with Crippen molar-refractivity contribution in [3.05, 3.63) is 70.2 Å². The maximum Gasteiger partial charge on any atom is 0.163 e. The van der Waals surface area contributed by atoms with E-state index < -0.39 is 17.7 Å². The fourth-order valence-corrected chi connectivity index (χ4v) is 2.03. The molecule has 0 heterocycles. The minimum Gasteiger partial charge on any atom is -0.271 e. The topological polar surface area (TPSA) is 38.0 Å². The molecule has 2 rings (SSSR count). The van der Waals surface area contributed by atoms with Gasteiger partial charge in [0, 0.05) is 10.6 Å². The summed E-state index contributed by atoms with van der Waals surface area (Å²) in [4.78, 5) is 0. The van der Waals surface area contributed by atoms with E-state index in [4.69, 9.17) is 17.4 Å². The highest BCUT2D eigenvalue weighted by molar-refractivity contribution is 6.30. The molecule has 0 bridgehead atoms. The molecular weight excluding hydrogens is 270 g/mol. The smallest absolute Gasteiger partial charge is 0.163 e. The lowest BCUT2D eigenvalue weighted by Crippen LogP contribution is -2.30. The van der Waals surface area contributed by atoms with Crippen molar-refractivity contribution in [2.45, 2.75) is 12.5 Å². The van der Waals surface area contributed by atoms with E-state index in [1.165, 1.54) is 12.1 Å². The number of benzene rings is 2. The van der Waals surface area contributed by atoms with Crippen LogP contribution >= 0.6 is 11.6 Å². The molecule has 1 unspecified atom stereocenters. The molecule has 0 aromatic heterocycles. The average molecular weight is 283 g/mol. The van der Waals surface area contributed by atoms with Crippen LogP contribution in [0.4, 0.5) is 8.78 Å². The van der Waals surface area contributed by atoms with Crippen LogP contribution in [0.1, 0.15) is 17.2 Å². The van der Waals surface area contributed by atoms with Crippen molar-refractivity contribution in [1.29, 1.82) is 0 Å². The second-order valence-electron chi connectivity index (χ2n) is 4.19. The van der Waals surface area contributed by atoms with Crippen LogP contribution in [0.25, 0.3) is 0 Å². The molecule has 3 N–H and O–H groups in total. The van der Waals surface area contributed by atoms with Gasteiger partial charge in [0.15, 0.2) is 11.6 Å². The van der Waals surface area contributed by atoms with Gasteiger partial charge in [-0.2, -0.15) is 0 Å². The Kier molecular flexibility index (Phi) is 4.47. The summed E-state index contributed by atoms with van der Waals surface area (Å²) in [5.74, 6) is 3.68. The number of nitrogens with one attached hydrogen (secondary N) is 1. The maximum absolute atomic E-state index is 13.7.